The maximum absolute atomic E-state index is 11.9. The van der Waals surface area contributed by atoms with E-state index in [-0.39, 0.29) is 6.61 Å². The molecule has 1 rings (SSSR count). The minimum absolute atomic E-state index is 0.181. The second-order valence-corrected chi connectivity index (χ2v) is 3.41. The van der Waals surface area contributed by atoms with Crippen LogP contribution in [-0.2, 0) is 11.3 Å². The molecule has 0 heterocycles. The number of benzene rings is 1. The van der Waals surface area contributed by atoms with Crippen LogP contribution in [0.25, 0.3) is 0 Å². The van der Waals surface area contributed by atoms with Gasteiger partial charge >= 0.3 is 6.18 Å². The van der Waals surface area contributed by atoms with Gasteiger partial charge in [-0.1, -0.05) is 0 Å². The highest BCUT2D eigenvalue weighted by atomic mass is 19.4. The Morgan fingerprint density at radius 1 is 1.29 bits per heavy atom. The topological polar surface area (TPSA) is 44.5 Å². The van der Waals surface area contributed by atoms with Gasteiger partial charge in [0.15, 0.2) is 0 Å². The van der Waals surface area contributed by atoms with E-state index >= 15 is 0 Å². The molecule has 0 radical (unpaired) electrons. The number of anilines is 1. The van der Waals surface area contributed by atoms with E-state index in [1.807, 2.05) is 0 Å². The average molecular weight is 249 g/mol. The Morgan fingerprint density at radius 2 is 2.00 bits per heavy atom. The van der Waals surface area contributed by atoms with Crippen LogP contribution >= 0.6 is 0 Å². The van der Waals surface area contributed by atoms with E-state index < -0.39 is 12.8 Å². The first-order valence-corrected chi connectivity index (χ1v) is 5.08. The third kappa shape index (κ3) is 4.95. The summed E-state index contributed by atoms with van der Waals surface area (Å²) in [5, 5.41) is 0. The van der Waals surface area contributed by atoms with Gasteiger partial charge in [-0.25, -0.2) is 0 Å². The molecule has 0 unspecified atom stereocenters. The highest BCUT2D eigenvalue weighted by Gasteiger charge is 2.27. The van der Waals surface area contributed by atoms with E-state index in [0.717, 1.165) is 0 Å². The van der Waals surface area contributed by atoms with Gasteiger partial charge in [-0.3, -0.25) is 0 Å². The first-order chi connectivity index (χ1) is 7.92. The third-order valence-electron chi connectivity index (χ3n) is 1.91. The second-order valence-electron chi connectivity index (χ2n) is 3.41. The number of ether oxygens (including phenoxy) is 2. The molecule has 0 aliphatic rings. The summed E-state index contributed by atoms with van der Waals surface area (Å²) >= 11 is 0. The summed E-state index contributed by atoms with van der Waals surface area (Å²) in [5.41, 5.74) is 6.52. The zero-order valence-corrected chi connectivity index (χ0v) is 9.38. The molecule has 0 saturated carbocycles. The SMILES string of the molecule is CCOc1ccc(N)cc1COCC(F)(F)F. The maximum atomic E-state index is 11.9. The molecule has 6 heteroatoms. The van der Waals surface area contributed by atoms with E-state index in [1.165, 1.54) is 0 Å². The van der Waals surface area contributed by atoms with Crippen LogP contribution in [0.15, 0.2) is 18.2 Å². The normalized spacial score (nSPS) is 11.5. The number of hydrogen-bond donors (Lipinski definition) is 1. The van der Waals surface area contributed by atoms with Crippen LogP contribution in [0.4, 0.5) is 18.9 Å². The summed E-state index contributed by atoms with van der Waals surface area (Å²) in [6.07, 6.45) is -4.33. The number of nitrogen functional groups attached to an aromatic ring is 1. The van der Waals surface area contributed by atoms with E-state index in [9.17, 15) is 13.2 Å². The van der Waals surface area contributed by atoms with Crippen molar-refractivity contribution in [2.75, 3.05) is 18.9 Å². The van der Waals surface area contributed by atoms with E-state index in [4.69, 9.17) is 10.5 Å². The van der Waals surface area contributed by atoms with Gasteiger partial charge in [-0.15, -0.1) is 0 Å². The Hall–Kier alpha value is -1.43. The van der Waals surface area contributed by atoms with Crippen molar-refractivity contribution in [3.63, 3.8) is 0 Å². The van der Waals surface area contributed by atoms with Gasteiger partial charge in [-0.2, -0.15) is 13.2 Å². The van der Waals surface area contributed by atoms with Crippen molar-refractivity contribution in [2.45, 2.75) is 19.7 Å². The molecule has 96 valence electrons. The Balaban J connectivity index is 2.65. The molecule has 1 aromatic rings. The van der Waals surface area contributed by atoms with Crippen molar-refractivity contribution >= 4 is 5.69 Å². The molecule has 17 heavy (non-hydrogen) atoms. The predicted octanol–water partition coefficient (Wildman–Crippen LogP) is 2.75. The molecule has 0 atom stereocenters. The number of hydrogen-bond acceptors (Lipinski definition) is 3. The van der Waals surface area contributed by atoms with E-state index in [2.05, 4.69) is 4.74 Å². The van der Waals surface area contributed by atoms with Crippen molar-refractivity contribution in [1.29, 1.82) is 0 Å². The zero-order chi connectivity index (χ0) is 12.9. The first kappa shape index (κ1) is 13.6. The van der Waals surface area contributed by atoms with Crippen LogP contribution in [0, 0.1) is 0 Å². The van der Waals surface area contributed by atoms with E-state index in [1.54, 1.807) is 25.1 Å². The summed E-state index contributed by atoms with van der Waals surface area (Å²) in [6.45, 7) is 0.750. The van der Waals surface area contributed by atoms with Crippen molar-refractivity contribution in [3.8, 4) is 5.75 Å². The molecule has 0 saturated heterocycles. The predicted molar refractivity (Wildman–Crippen MR) is 57.7 cm³/mol. The Bertz CT molecular complexity index is 366. The molecule has 0 spiro atoms. The van der Waals surface area contributed by atoms with Crippen LogP contribution in [0.3, 0.4) is 0 Å². The molecule has 0 amide bonds. The van der Waals surface area contributed by atoms with Gasteiger partial charge in [-0.05, 0) is 25.1 Å². The molecule has 0 aliphatic carbocycles. The largest absolute Gasteiger partial charge is 0.494 e. The Labute approximate surface area is 97.3 Å². The lowest BCUT2D eigenvalue weighted by Gasteiger charge is -2.12. The lowest BCUT2D eigenvalue weighted by Crippen LogP contribution is -2.17. The molecule has 0 bridgehead atoms. The van der Waals surface area contributed by atoms with Crippen molar-refractivity contribution in [1.82, 2.24) is 0 Å². The number of halogens is 3. The van der Waals surface area contributed by atoms with Crippen LogP contribution in [-0.4, -0.2) is 19.4 Å². The third-order valence-corrected chi connectivity index (χ3v) is 1.91. The molecule has 0 aromatic heterocycles. The summed E-state index contributed by atoms with van der Waals surface area (Å²) in [7, 11) is 0. The lowest BCUT2D eigenvalue weighted by molar-refractivity contribution is -0.176. The average Bonchev–Trinajstić information content (AvgIpc) is 2.20. The summed E-state index contributed by atoms with van der Waals surface area (Å²) < 4.78 is 45.5. The smallest absolute Gasteiger partial charge is 0.411 e. The van der Waals surface area contributed by atoms with Gasteiger partial charge in [0.1, 0.15) is 12.4 Å². The lowest BCUT2D eigenvalue weighted by atomic mass is 10.2. The van der Waals surface area contributed by atoms with Gasteiger partial charge in [0.2, 0.25) is 0 Å². The van der Waals surface area contributed by atoms with Crippen molar-refractivity contribution in [2.24, 2.45) is 0 Å². The zero-order valence-electron chi connectivity index (χ0n) is 9.38. The Morgan fingerprint density at radius 3 is 2.59 bits per heavy atom. The number of alkyl halides is 3. The molecule has 3 nitrogen and oxygen atoms in total. The number of rotatable bonds is 5. The molecule has 2 N–H and O–H groups in total. The van der Waals surface area contributed by atoms with Crippen LogP contribution in [0.5, 0.6) is 5.75 Å². The summed E-state index contributed by atoms with van der Waals surface area (Å²) in [5.74, 6) is 0.490. The van der Waals surface area contributed by atoms with Crippen LogP contribution in [0.2, 0.25) is 0 Å². The molecular weight excluding hydrogens is 235 g/mol. The molecule has 0 fully saturated rings. The van der Waals surface area contributed by atoms with Crippen molar-refractivity contribution < 1.29 is 22.6 Å². The van der Waals surface area contributed by atoms with Gasteiger partial charge in [0, 0.05) is 11.3 Å². The van der Waals surface area contributed by atoms with Crippen LogP contribution in [0.1, 0.15) is 12.5 Å². The van der Waals surface area contributed by atoms with Gasteiger partial charge in [0.05, 0.1) is 13.2 Å². The quantitative estimate of drug-likeness (QED) is 0.816. The monoisotopic (exact) mass is 249 g/mol. The van der Waals surface area contributed by atoms with Gasteiger partial charge < -0.3 is 15.2 Å². The fourth-order valence-electron chi connectivity index (χ4n) is 1.29. The highest BCUT2D eigenvalue weighted by molar-refractivity contribution is 5.47. The highest BCUT2D eigenvalue weighted by Crippen LogP contribution is 2.23. The number of nitrogens with two attached hydrogens (primary N) is 1. The molecular formula is C11H14F3NO2. The minimum Gasteiger partial charge on any atom is -0.494 e. The summed E-state index contributed by atoms with van der Waals surface area (Å²) in [6, 6.07) is 4.78. The van der Waals surface area contributed by atoms with Crippen molar-refractivity contribution in [3.05, 3.63) is 23.8 Å². The molecule has 0 aliphatic heterocycles. The first-order valence-electron chi connectivity index (χ1n) is 5.08. The standard InChI is InChI=1S/C11H14F3NO2/c1-2-17-10-4-3-9(15)5-8(10)6-16-7-11(12,13)14/h3-5H,2,6-7,15H2,1H3. The van der Waals surface area contributed by atoms with E-state index in [0.29, 0.717) is 23.6 Å². The second kappa shape index (κ2) is 5.77. The van der Waals surface area contributed by atoms with Gasteiger partial charge in [0.25, 0.3) is 0 Å². The fraction of sp³-hybridized carbons (Fsp3) is 0.455. The Kier molecular flexibility index (Phi) is 4.62. The van der Waals surface area contributed by atoms with Crippen LogP contribution < -0.4 is 10.5 Å². The summed E-state index contributed by atoms with van der Waals surface area (Å²) in [4.78, 5) is 0. The fourth-order valence-corrected chi connectivity index (χ4v) is 1.29. The minimum atomic E-state index is -4.33. The molecule has 1 aromatic carbocycles. The maximum Gasteiger partial charge on any atom is 0.411 e.